The van der Waals surface area contributed by atoms with Crippen molar-refractivity contribution in [2.45, 2.75) is 75.5 Å². The van der Waals surface area contributed by atoms with Crippen molar-refractivity contribution in [3.63, 3.8) is 0 Å². The highest BCUT2D eigenvalue weighted by Gasteiger charge is 2.55. The third-order valence-electron chi connectivity index (χ3n) is 15.5. The summed E-state index contributed by atoms with van der Waals surface area (Å²) in [6.45, 7) is 13.7. The van der Waals surface area contributed by atoms with Gasteiger partial charge >= 0.3 is 0 Å². The number of amides is 1. The molecule has 3 aliphatic heterocycles. The number of hydrogen-bond acceptors (Lipinski definition) is 12. The number of allylic oxidation sites excluding steroid dienone is 1. The molecule has 4 atom stereocenters. The number of halogens is 1. The summed E-state index contributed by atoms with van der Waals surface area (Å²) in [5, 5.41) is 16.5. The summed E-state index contributed by atoms with van der Waals surface area (Å²) in [5.41, 5.74) is 5.20. The summed E-state index contributed by atoms with van der Waals surface area (Å²) in [4.78, 5) is 39.9. The van der Waals surface area contributed by atoms with Gasteiger partial charge in [-0.3, -0.25) is 19.8 Å². The zero-order valence-corrected chi connectivity index (χ0v) is 39.5. The monoisotopic (exact) mass is 940 g/mol. The van der Waals surface area contributed by atoms with Crippen LogP contribution in [0, 0.1) is 38.7 Å². The molecular formula is C49H61ClN8O7S. The lowest BCUT2D eigenvalue weighted by atomic mass is 9.70. The molecule has 10 rings (SSSR count). The van der Waals surface area contributed by atoms with Crippen LogP contribution in [-0.4, -0.2) is 117 Å². The number of piperazine rings is 1. The Bertz CT molecular complexity index is 2630. The van der Waals surface area contributed by atoms with Gasteiger partial charge < -0.3 is 29.6 Å². The molecule has 6 aliphatic rings. The van der Waals surface area contributed by atoms with Gasteiger partial charge in [0.05, 0.1) is 28.2 Å². The lowest BCUT2D eigenvalue weighted by molar-refractivity contribution is -0.384. The molecule has 1 amide bonds. The van der Waals surface area contributed by atoms with Gasteiger partial charge in [0.25, 0.3) is 21.6 Å². The Morgan fingerprint density at radius 2 is 1.82 bits per heavy atom. The number of pyridine rings is 1. The lowest BCUT2D eigenvalue weighted by Gasteiger charge is -2.40. The van der Waals surface area contributed by atoms with Crippen LogP contribution < -0.4 is 19.7 Å². The maximum absolute atomic E-state index is 14.0. The highest BCUT2D eigenvalue weighted by molar-refractivity contribution is 7.90. The molecule has 5 heterocycles. The number of rotatable bonds is 14. The zero-order valence-electron chi connectivity index (χ0n) is 37.9. The molecule has 0 radical (unpaired) electrons. The number of nitrogens with zero attached hydrogens (tertiary/aromatic N) is 5. The Labute approximate surface area is 391 Å². The molecule has 66 heavy (non-hydrogen) atoms. The molecule has 4 aromatic rings. The minimum atomic E-state index is -4.56. The Morgan fingerprint density at radius 1 is 1.00 bits per heavy atom. The molecule has 3 aliphatic carbocycles. The molecule has 3 saturated heterocycles. The van der Waals surface area contributed by atoms with Crippen LogP contribution in [0.25, 0.3) is 11.0 Å². The van der Waals surface area contributed by atoms with E-state index in [-0.39, 0.29) is 22.4 Å². The Hall–Kier alpha value is -4.74. The van der Waals surface area contributed by atoms with E-state index in [4.69, 9.17) is 21.1 Å². The van der Waals surface area contributed by atoms with Gasteiger partial charge in [0, 0.05) is 87.2 Å². The van der Waals surface area contributed by atoms with E-state index in [1.54, 1.807) is 41.7 Å². The van der Waals surface area contributed by atoms with Gasteiger partial charge in [-0.05, 0) is 129 Å². The second kappa shape index (κ2) is 18.1. The number of nitro benzene ring substituents is 1. The standard InChI is InChI=1S/C49H61ClN8O7S/c1-48(2)9-7-33(41(28-48)39-27-42(50)40-26-38(39)40)30-56-18-20-57(21-19-56)34-3-5-37(45(24-34)65-35-23-32-8-13-52-46(32)53-29-35)47(59)54-66(62,63)36-4-6-43(44(25-36)58(60)61)51-14-17-55-15-10-49(11-16-55)12-22-64-31-49/h3-6,8,13,23-25,29,38-40,42,51H,7,9-12,14-22,26-28,30-31H2,1-2H3,(H,52,53)(H,54,59)/t38?,39-,40?,42+/m0/s1. The van der Waals surface area contributed by atoms with E-state index in [2.05, 4.69) is 48.6 Å². The van der Waals surface area contributed by atoms with Crippen LogP contribution in [0.4, 0.5) is 17.1 Å². The van der Waals surface area contributed by atoms with Crippen molar-refractivity contribution in [2.75, 3.05) is 82.3 Å². The van der Waals surface area contributed by atoms with Crippen LogP contribution >= 0.6 is 11.6 Å². The number of benzene rings is 2. The first-order valence-corrected chi connectivity index (χ1v) is 25.6. The van der Waals surface area contributed by atoms with Gasteiger partial charge in [0.1, 0.15) is 22.8 Å². The molecule has 17 heteroatoms. The third-order valence-corrected chi connectivity index (χ3v) is 17.4. The number of H-pyrrole nitrogens is 1. The van der Waals surface area contributed by atoms with Crippen LogP contribution in [0.15, 0.2) is 77.0 Å². The maximum Gasteiger partial charge on any atom is 0.293 e. The first-order chi connectivity index (χ1) is 31.7. The lowest BCUT2D eigenvalue weighted by Crippen LogP contribution is -2.47. The largest absolute Gasteiger partial charge is 0.455 e. The Morgan fingerprint density at radius 3 is 2.55 bits per heavy atom. The molecule has 352 valence electrons. The number of carbonyl (C=O) groups is 1. The van der Waals surface area contributed by atoms with Crippen molar-refractivity contribution in [3.8, 4) is 11.5 Å². The van der Waals surface area contributed by atoms with Crippen molar-refractivity contribution < 1.29 is 27.6 Å². The number of piperidine rings is 1. The van der Waals surface area contributed by atoms with Crippen LogP contribution in [0.3, 0.4) is 0 Å². The fraction of sp³-hybridized carbons (Fsp3) is 0.551. The molecule has 2 aromatic carbocycles. The van der Waals surface area contributed by atoms with E-state index < -0.39 is 31.4 Å². The van der Waals surface area contributed by atoms with Crippen molar-refractivity contribution in [2.24, 2.45) is 28.6 Å². The molecule has 2 unspecified atom stereocenters. The van der Waals surface area contributed by atoms with E-state index in [0.29, 0.717) is 47.1 Å². The maximum atomic E-state index is 14.0. The summed E-state index contributed by atoms with van der Waals surface area (Å²) in [5.74, 6) is 1.68. The van der Waals surface area contributed by atoms with E-state index in [0.717, 1.165) is 121 Å². The number of anilines is 2. The third kappa shape index (κ3) is 9.53. The van der Waals surface area contributed by atoms with Gasteiger partial charge in [-0.2, -0.15) is 0 Å². The van der Waals surface area contributed by atoms with Crippen LogP contribution in [0.5, 0.6) is 11.5 Å². The van der Waals surface area contributed by atoms with Crippen molar-refractivity contribution in [1.82, 2.24) is 24.5 Å². The van der Waals surface area contributed by atoms with Gasteiger partial charge in [-0.1, -0.05) is 25.0 Å². The van der Waals surface area contributed by atoms with Gasteiger partial charge in [0.2, 0.25) is 0 Å². The fourth-order valence-electron chi connectivity index (χ4n) is 11.4. The first kappa shape index (κ1) is 45.1. The number of sulfonamides is 1. The molecule has 2 saturated carbocycles. The normalized spacial score (nSPS) is 25.3. The molecule has 5 fully saturated rings. The minimum absolute atomic E-state index is 0.0179. The van der Waals surface area contributed by atoms with Crippen molar-refractivity contribution in [1.29, 1.82) is 0 Å². The fourth-order valence-corrected chi connectivity index (χ4v) is 12.9. The highest BCUT2D eigenvalue weighted by Crippen LogP contribution is 2.62. The van der Waals surface area contributed by atoms with Gasteiger partial charge in [-0.25, -0.2) is 18.1 Å². The number of nitrogens with one attached hydrogen (secondary N) is 3. The summed E-state index contributed by atoms with van der Waals surface area (Å²) >= 11 is 6.79. The Balaban J connectivity index is 0.825. The number of likely N-dealkylation sites (tertiary alicyclic amines) is 1. The second-order valence-corrected chi connectivity index (χ2v) is 22.7. The summed E-state index contributed by atoms with van der Waals surface area (Å²) in [6.07, 6.45) is 12.4. The topological polar surface area (TPSA) is 175 Å². The molecule has 2 aromatic heterocycles. The Kier molecular flexibility index (Phi) is 12.3. The van der Waals surface area contributed by atoms with Gasteiger partial charge in [0.15, 0.2) is 0 Å². The number of fused-ring (bicyclic) bond motifs is 2. The molecule has 15 nitrogen and oxygen atoms in total. The van der Waals surface area contributed by atoms with Gasteiger partial charge in [-0.15, -0.1) is 11.6 Å². The number of hydrogen-bond donors (Lipinski definition) is 3. The predicted octanol–water partition coefficient (Wildman–Crippen LogP) is 8.19. The number of ether oxygens (including phenoxy) is 2. The SMILES string of the molecule is CC1(C)CCC(CN2CCN(c3ccc(C(=O)NS(=O)(=O)c4ccc(NCCN5CCC6(CCOC6)CC5)c([N+](=O)[O-])c4)c(Oc4cnc5[nH]ccc5c4)c3)CC2)=C([C@H]2C[C@@H](Cl)C3CC32)C1. The van der Waals surface area contributed by atoms with E-state index >= 15 is 0 Å². The van der Waals surface area contributed by atoms with Crippen LogP contribution in [0.1, 0.15) is 75.6 Å². The zero-order chi connectivity index (χ0) is 45.8. The summed E-state index contributed by atoms with van der Waals surface area (Å²) in [6, 6.07) is 12.4. The summed E-state index contributed by atoms with van der Waals surface area (Å²) in [7, 11) is -4.56. The molecular weight excluding hydrogens is 880 g/mol. The number of aromatic amines is 1. The van der Waals surface area contributed by atoms with Crippen LogP contribution in [0.2, 0.25) is 0 Å². The smallest absolute Gasteiger partial charge is 0.293 e. The second-order valence-electron chi connectivity index (χ2n) is 20.5. The minimum Gasteiger partial charge on any atom is -0.455 e. The molecule has 0 bridgehead atoms. The average Bonchev–Trinajstić information content (AvgIpc) is 3.54. The number of nitro groups is 1. The number of carbonyl (C=O) groups excluding carboxylic acids is 1. The molecule has 3 N–H and O–H groups in total. The van der Waals surface area contributed by atoms with E-state index in [1.165, 1.54) is 25.0 Å². The highest BCUT2D eigenvalue weighted by atomic mass is 35.5. The van der Waals surface area contributed by atoms with Crippen LogP contribution in [-0.2, 0) is 14.8 Å². The molecule has 1 spiro atoms. The summed E-state index contributed by atoms with van der Waals surface area (Å²) < 4.78 is 41.8. The quantitative estimate of drug-likeness (QED) is 0.0479. The predicted molar refractivity (Wildman–Crippen MR) is 255 cm³/mol. The van der Waals surface area contributed by atoms with Crippen molar-refractivity contribution >= 4 is 55.6 Å². The van der Waals surface area contributed by atoms with E-state index in [9.17, 15) is 23.3 Å². The first-order valence-electron chi connectivity index (χ1n) is 23.7. The van der Waals surface area contributed by atoms with Crippen molar-refractivity contribution in [3.05, 3.63) is 87.7 Å². The number of aromatic nitrogens is 2. The van der Waals surface area contributed by atoms with E-state index in [1.807, 2.05) is 12.1 Å². The number of alkyl halides is 1. The average molecular weight is 942 g/mol.